The molecular formula is C13H8ClN3O3S2. The Morgan fingerprint density at radius 1 is 1.27 bits per heavy atom. The molecular weight excluding hydrogens is 346 g/mol. The Morgan fingerprint density at radius 2 is 2.05 bits per heavy atom. The van der Waals surface area contributed by atoms with E-state index in [1.165, 1.54) is 23.7 Å². The van der Waals surface area contributed by atoms with Crippen LogP contribution < -0.4 is 5.73 Å². The number of benzene rings is 1. The molecule has 0 radical (unpaired) electrons. The van der Waals surface area contributed by atoms with E-state index >= 15 is 0 Å². The maximum absolute atomic E-state index is 12.5. The highest BCUT2D eigenvalue weighted by Gasteiger charge is 2.22. The van der Waals surface area contributed by atoms with Gasteiger partial charge < -0.3 is 5.73 Å². The van der Waals surface area contributed by atoms with Gasteiger partial charge in [0.2, 0.25) is 9.84 Å². The summed E-state index contributed by atoms with van der Waals surface area (Å²) in [6.45, 7) is 0. The number of aromatic nitrogens is 2. The maximum Gasteiger partial charge on any atom is 0.277 e. The number of hydrogen-bond donors (Lipinski definition) is 1. The van der Waals surface area contributed by atoms with Crippen molar-refractivity contribution in [2.24, 2.45) is 5.73 Å². The lowest BCUT2D eigenvalue weighted by atomic mass is 10.2. The molecule has 2 N–H and O–H groups in total. The number of carbonyl (C=O) groups is 1. The highest BCUT2D eigenvalue weighted by Crippen LogP contribution is 2.27. The number of amides is 1. The second kappa shape index (κ2) is 5.31. The van der Waals surface area contributed by atoms with E-state index in [9.17, 15) is 13.2 Å². The zero-order valence-corrected chi connectivity index (χ0v) is 13.2. The molecule has 22 heavy (non-hydrogen) atoms. The number of nitrogens with two attached hydrogens (primary N) is 1. The van der Waals surface area contributed by atoms with Crippen LogP contribution >= 0.6 is 22.9 Å². The molecule has 0 spiro atoms. The molecule has 0 aliphatic carbocycles. The van der Waals surface area contributed by atoms with Gasteiger partial charge in [-0.1, -0.05) is 11.6 Å². The molecule has 0 saturated heterocycles. The fourth-order valence-electron chi connectivity index (χ4n) is 1.90. The lowest BCUT2D eigenvalue weighted by Crippen LogP contribution is -2.11. The summed E-state index contributed by atoms with van der Waals surface area (Å²) in [5.41, 5.74) is 5.09. The third-order valence-corrected chi connectivity index (χ3v) is 5.91. The van der Waals surface area contributed by atoms with Gasteiger partial charge in [0.25, 0.3) is 5.91 Å². The highest BCUT2D eigenvalue weighted by molar-refractivity contribution is 7.91. The van der Waals surface area contributed by atoms with Crippen LogP contribution in [0.5, 0.6) is 0 Å². The molecule has 0 unspecified atom stereocenters. The number of fused-ring (bicyclic) bond motifs is 1. The second-order valence-electron chi connectivity index (χ2n) is 4.34. The minimum atomic E-state index is -3.83. The average molecular weight is 354 g/mol. The van der Waals surface area contributed by atoms with Gasteiger partial charge in [-0.05, 0) is 29.7 Å². The molecule has 6 nitrogen and oxygen atoms in total. The van der Waals surface area contributed by atoms with Gasteiger partial charge in [-0.25, -0.2) is 18.4 Å². The van der Waals surface area contributed by atoms with Crippen LogP contribution in [0.1, 0.15) is 9.80 Å². The first kappa shape index (κ1) is 14.9. The minimum Gasteiger partial charge on any atom is -0.364 e. The van der Waals surface area contributed by atoms with Gasteiger partial charge in [0.1, 0.15) is 5.15 Å². The molecule has 0 atom stereocenters. The smallest absolute Gasteiger partial charge is 0.277 e. The standard InChI is InChI=1S/C13H8ClN3O3S2/c14-11-9-2-1-8(5-7(9)3-4-16-11)22(19,20)10-6-21-13(17-10)12(15)18/h1-6H,(H2,15,18). The molecule has 1 amide bonds. The summed E-state index contributed by atoms with van der Waals surface area (Å²) in [4.78, 5) is 18.8. The Labute approximate surface area is 134 Å². The number of sulfone groups is 1. The molecule has 0 bridgehead atoms. The molecule has 0 aliphatic heterocycles. The fourth-order valence-corrected chi connectivity index (χ4v) is 4.35. The largest absolute Gasteiger partial charge is 0.364 e. The first-order valence-corrected chi connectivity index (χ1v) is 8.68. The van der Waals surface area contributed by atoms with Gasteiger partial charge in [-0.15, -0.1) is 11.3 Å². The number of halogens is 1. The van der Waals surface area contributed by atoms with Gasteiger partial charge in [0.15, 0.2) is 10.0 Å². The molecule has 3 aromatic rings. The lowest BCUT2D eigenvalue weighted by molar-refractivity contribution is 0.0999. The molecule has 0 saturated carbocycles. The summed E-state index contributed by atoms with van der Waals surface area (Å²) in [7, 11) is -3.83. The number of thiazole rings is 1. The minimum absolute atomic E-state index is 0.0494. The zero-order valence-electron chi connectivity index (χ0n) is 10.9. The number of nitrogens with zero attached hydrogens (tertiary/aromatic N) is 2. The zero-order chi connectivity index (χ0) is 15.9. The molecule has 2 heterocycles. The van der Waals surface area contributed by atoms with E-state index in [4.69, 9.17) is 17.3 Å². The summed E-state index contributed by atoms with van der Waals surface area (Å²) < 4.78 is 25.1. The summed E-state index contributed by atoms with van der Waals surface area (Å²) in [5.74, 6) is -0.761. The first-order chi connectivity index (χ1) is 10.4. The van der Waals surface area contributed by atoms with Crippen LogP contribution in [0.3, 0.4) is 0 Å². The summed E-state index contributed by atoms with van der Waals surface area (Å²) in [5, 5.41) is 2.63. The molecule has 2 aromatic heterocycles. The third-order valence-electron chi connectivity index (χ3n) is 2.97. The molecule has 0 fully saturated rings. The summed E-state index contributed by atoms with van der Waals surface area (Å²) in [6, 6.07) is 6.16. The van der Waals surface area contributed by atoms with Crippen molar-refractivity contribution in [3.63, 3.8) is 0 Å². The number of hydrogen-bond acceptors (Lipinski definition) is 6. The topological polar surface area (TPSA) is 103 Å². The molecule has 112 valence electrons. The van der Waals surface area contributed by atoms with Crippen LogP contribution in [0.15, 0.2) is 45.8 Å². The van der Waals surface area contributed by atoms with Crippen LogP contribution in [-0.4, -0.2) is 24.3 Å². The lowest BCUT2D eigenvalue weighted by Gasteiger charge is -2.04. The Hall–Kier alpha value is -2.03. The molecule has 9 heteroatoms. The number of primary amides is 1. The van der Waals surface area contributed by atoms with Crippen LogP contribution in [-0.2, 0) is 9.84 Å². The van der Waals surface area contributed by atoms with Gasteiger partial charge in [0.05, 0.1) is 4.90 Å². The molecule has 3 rings (SSSR count). The monoisotopic (exact) mass is 353 g/mol. The number of carbonyl (C=O) groups excluding carboxylic acids is 1. The van der Waals surface area contributed by atoms with E-state index < -0.39 is 15.7 Å². The maximum atomic E-state index is 12.5. The Bertz CT molecular complexity index is 999. The molecule has 0 aliphatic rings. The van der Waals surface area contributed by atoms with Gasteiger partial charge in [-0.2, -0.15) is 0 Å². The van der Waals surface area contributed by atoms with Crippen LogP contribution in [0.25, 0.3) is 10.8 Å². The van der Waals surface area contributed by atoms with Crippen molar-refractivity contribution in [2.45, 2.75) is 9.92 Å². The van der Waals surface area contributed by atoms with Crippen molar-refractivity contribution < 1.29 is 13.2 Å². The Kier molecular flexibility index (Phi) is 3.59. The van der Waals surface area contributed by atoms with Crippen molar-refractivity contribution in [3.05, 3.63) is 46.0 Å². The van der Waals surface area contributed by atoms with E-state index in [0.717, 1.165) is 11.3 Å². The van der Waals surface area contributed by atoms with Gasteiger partial charge in [-0.3, -0.25) is 4.79 Å². The van der Waals surface area contributed by atoms with Gasteiger partial charge in [0, 0.05) is 17.0 Å². The SMILES string of the molecule is NC(=O)c1nc(S(=O)(=O)c2ccc3c(Cl)nccc3c2)cs1. The summed E-state index contributed by atoms with van der Waals surface area (Å²) in [6.07, 6.45) is 1.50. The van der Waals surface area contributed by atoms with Crippen LogP contribution in [0.4, 0.5) is 0 Å². The van der Waals surface area contributed by atoms with E-state index in [-0.39, 0.29) is 14.9 Å². The highest BCUT2D eigenvalue weighted by atomic mass is 35.5. The van der Waals surface area contributed by atoms with Crippen molar-refractivity contribution in [1.82, 2.24) is 9.97 Å². The molecule has 1 aromatic carbocycles. The quantitative estimate of drug-likeness (QED) is 0.727. The van der Waals surface area contributed by atoms with E-state index in [0.29, 0.717) is 15.9 Å². The van der Waals surface area contributed by atoms with Crippen LogP contribution in [0.2, 0.25) is 5.15 Å². The fraction of sp³-hybridized carbons (Fsp3) is 0. The summed E-state index contributed by atoms with van der Waals surface area (Å²) >= 11 is 6.85. The Balaban J connectivity index is 2.14. The predicted molar refractivity (Wildman–Crippen MR) is 82.8 cm³/mol. The normalized spacial score (nSPS) is 11.7. The second-order valence-corrected chi connectivity index (χ2v) is 7.46. The predicted octanol–water partition coefficient (Wildman–Crippen LogP) is 2.28. The van der Waals surface area contributed by atoms with E-state index in [1.54, 1.807) is 12.1 Å². The van der Waals surface area contributed by atoms with Crippen molar-refractivity contribution in [1.29, 1.82) is 0 Å². The number of rotatable bonds is 3. The van der Waals surface area contributed by atoms with Crippen molar-refractivity contribution >= 4 is 49.5 Å². The number of pyridine rings is 1. The van der Waals surface area contributed by atoms with Crippen LogP contribution in [0, 0.1) is 0 Å². The third kappa shape index (κ3) is 2.45. The van der Waals surface area contributed by atoms with E-state index in [2.05, 4.69) is 9.97 Å². The first-order valence-electron chi connectivity index (χ1n) is 5.94. The average Bonchev–Trinajstić information content (AvgIpc) is 2.98. The van der Waals surface area contributed by atoms with Gasteiger partial charge >= 0.3 is 0 Å². The van der Waals surface area contributed by atoms with Crippen molar-refractivity contribution in [2.75, 3.05) is 0 Å². The Morgan fingerprint density at radius 3 is 2.73 bits per heavy atom. The van der Waals surface area contributed by atoms with E-state index in [1.807, 2.05) is 0 Å². The van der Waals surface area contributed by atoms with Crippen molar-refractivity contribution in [3.8, 4) is 0 Å².